The van der Waals surface area contributed by atoms with Crippen molar-refractivity contribution in [3.05, 3.63) is 76.9 Å². The van der Waals surface area contributed by atoms with Gasteiger partial charge in [-0.1, -0.05) is 35.9 Å². The SMILES string of the molecule is CN(Cc1c(F)cccc1Cl)C(=O)Cc1coc(-c2ccccc2)n1. The Morgan fingerprint density at radius 1 is 1.20 bits per heavy atom. The number of amides is 1. The number of carbonyl (C=O) groups excluding carboxylic acids is 1. The van der Waals surface area contributed by atoms with E-state index < -0.39 is 5.82 Å². The number of aromatic nitrogens is 1. The van der Waals surface area contributed by atoms with E-state index in [1.54, 1.807) is 13.1 Å². The average Bonchev–Trinajstić information content (AvgIpc) is 3.07. The van der Waals surface area contributed by atoms with E-state index in [1.165, 1.54) is 23.3 Å². The minimum Gasteiger partial charge on any atom is -0.444 e. The van der Waals surface area contributed by atoms with Crippen molar-refractivity contribution in [2.75, 3.05) is 7.05 Å². The molecule has 128 valence electrons. The minimum absolute atomic E-state index is 0.0684. The zero-order valence-electron chi connectivity index (χ0n) is 13.6. The predicted molar refractivity (Wildman–Crippen MR) is 93.5 cm³/mol. The highest BCUT2D eigenvalue weighted by Crippen LogP contribution is 2.21. The van der Waals surface area contributed by atoms with Gasteiger partial charge in [-0.05, 0) is 24.3 Å². The van der Waals surface area contributed by atoms with Gasteiger partial charge in [0.2, 0.25) is 11.8 Å². The summed E-state index contributed by atoms with van der Waals surface area (Å²) in [4.78, 5) is 18.1. The molecule has 1 aromatic heterocycles. The van der Waals surface area contributed by atoms with E-state index in [2.05, 4.69) is 4.98 Å². The molecule has 0 bridgehead atoms. The molecular weight excluding hydrogens is 343 g/mol. The normalized spacial score (nSPS) is 10.7. The topological polar surface area (TPSA) is 46.3 Å². The van der Waals surface area contributed by atoms with Crippen LogP contribution in [-0.4, -0.2) is 22.8 Å². The Morgan fingerprint density at radius 2 is 1.96 bits per heavy atom. The predicted octanol–water partition coefficient (Wildman–Crippen LogP) is 4.34. The first-order chi connectivity index (χ1) is 12.0. The van der Waals surface area contributed by atoms with Crippen molar-refractivity contribution in [2.24, 2.45) is 0 Å². The largest absolute Gasteiger partial charge is 0.444 e. The lowest BCUT2D eigenvalue weighted by Gasteiger charge is -2.17. The van der Waals surface area contributed by atoms with Crippen LogP contribution in [-0.2, 0) is 17.8 Å². The number of hydrogen-bond acceptors (Lipinski definition) is 3. The molecule has 25 heavy (non-hydrogen) atoms. The lowest BCUT2D eigenvalue weighted by molar-refractivity contribution is -0.129. The number of rotatable bonds is 5. The zero-order valence-corrected chi connectivity index (χ0v) is 14.3. The third-order valence-electron chi connectivity index (χ3n) is 3.79. The van der Waals surface area contributed by atoms with Crippen molar-refractivity contribution in [2.45, 2.75) is 13.0 Å². The van der Waals surface area contributed by atoms with E-state index in [4.69, 9.17) is 16.0 Å². The van der Waals surface area contributed by atoms with Gasteiger partial charge in [-0.15, -0.1) is 0 Å². The monoisotopic (exact) mass is 358 g/mol. The molecule has 6 heteroatoms. The van der Waals surface area contributed by atoms with Gasteiger partial charge in [-0.3, -0.25) is 4.79 Å². The fourth-order valence-corrected chi connectivity index (χ4v) is 2.62. The molecule has 2 aromatic carbocycles. The summed E-state index contributed by atoms with van der Waals surface area (Å²) in [6, 6.07) is 13.9. The van der Waals surface area contributed by atoms with Gasteiger partial charge in [0.1, 0.15) is 12.1 Å². The van der Waals surface area contributed by atoms with Gasteiger partial charge >= 0.3 is 0 Å². The number of carbonyl (C=O) groups is 1. The Morgan fingerprint density at radius 3 is 2.68 bits per heavy atom. The zero-order chi connectivity index (χ0) is 17.8. The van der Waals surface area contributed by atoms with Crippen molar-refractivity contribution in [1.29, 1.82) is 0 Å². The molecule has 3 aromatic rings. The van der Waals surface area contributed by atoms with Crippen molar-refractivity contribution in [3.8, 4) is 11.5 Å². The molecule has 0 saturated carbocycles. The molecule has 0 fully saturated rings. The number of benzene rings is 2. The van der Waals surface area contributed by atoms with E-state index in [-0.39, 0.29) is 18.9 Å². The van der Waals surface area contributed by atoms with Gasteiger partial charge in [0.25, 0.3) is 0 Å². The summed E-state index contributed by atoms with van der Waals surface area (Å²) in [6.45, 7) is 0.0910. The van der Waals surface area contributed by atoms with Crippen LogP contribution in [0.4, 0.5) is 4.39 Å². The molecule has 0 N–H and O–H groups in total. The summed E-state index contributed by atoms with van der Waals surface area (Å²) >= 11 is 6.00. The maximum Gasteiger partial charge on any atom is 0.228 e. The van der Waals surface area contributed by atoms with Crippen molar-refractivity contribution in [1.82, 2.24) is 9.88 Å². The van der Waals surface area contributed by atoms with Crippen LogP contribution in [0.25, 0.3) is 11.5 Å². The van der Waals surface area contributed by atoms with Gasteiger partial charge < -0.3 is 9.32 Å². The van der Waals surface area contributed by atoms with Crippen LogP contribution in [0.15, 0.2) is 59.2 Å². The van der Waals surface area contributed by atoms with Gasteiger partial charge in [0.05, 0.1) is 12.1 Å². The molecule has 0 aliphatic heterocycles. The number of halogens is 2. The molecule has 4 nitrogen and oxygen atoms in total. The Labute approximate surface area is 149 Å². The summed E-state index contributed by atoms with van der Waals surface area (Å²) in [6.07, 6.45) is 1.53. The number of nitrogens with zero attached hydrogens (tertiary/aromatic N) is 2. The molecule has 0 aliphatic carbocycles. The van der Waals surface area contributed by atoms with E-state index in [0.717, 1.165) is 5.56 Å². The molecule has 0 spiro atoms. The molecule has 0 unspecified atom stereocenters. The molecule has 0 aliphatic rings. The second-order valence-corrected chi connectivity index (χ2v) is 6.04. The van der Waals surface area contributed by atoms with Gasteiger partial charge in [-0.25, -0.2) is 9.37 Å². The third kappa shape index (κ3) is 4.06. The van der Waals surface area contributed by atoms with E-state index in [1.807, 2.05) is 30.3 Å². The first-order valence-corrected chi connectivity index (χ1v) is 8.09. The van der Waals surface area contributed by atoms with E-state index >= 15 is 0 Å². The molecule has 0 radical (unpaired) electrons. The number of likely N-dealkylation sites (N-methyl/N-ethyl adjacent to an activating group) is 1. The first-order valence-electron chi connectivity index (χ1n) is 7.71. The summed E-state index contributed by atoms with van der Waals surface area (Å²) < 4.78 is 19.3. The average molecular weight is 359 g/mol. The quantitative estimate of drug-likeness (QED) is 0.681. The van der Waals surface area contributed by atoms with Crippen LogP contribution in [0.1, 0.15) is 11.3 Å². The van der Waals surface area contributed by atoms with Crippen molar-refractivity contribution in [3.63, 3.8) is 0 Å². The maximum absolute atomic E-state index is 13.8. The lowest BCUT2D eigenvalue weighted by atomic mass is 10.2. The maximum atomic E-state index is 13.8. The van der Waals surface area contributed by atoms with Gasteiger partial charge in [0, 0.05) is 29.7 Å². The van der Waals surface area contributed by atoms with Gasteiger partial charge in [0.15, 0.2) is 0 Å². The van der Waals surface area contributed by atoms with Crippen molar-refractivity contribution < 1.29 is 13.6 Å². The molecular formula is C19H16ClFN2O2. The second kappa shape index (κ2) is 7.49. The summed E-state index contributed by atoms with van der Waals surface area (Å²) in [5.41, 5.74) is 1.66. The Kier molecular flexibility index (Phi) is 5.14. The fourth-order valence-electron chi connectivity index (χ4n) is 2.40. The second-order valence-electron chi connectivity index (χ2n) is 5.64. The highest BCUT2D eigenvalue weighted by molar-refractivity contribution is 6.31. The Hall–Kier alpha value is -2.66. The molecule has 0 saturated heterocycles. The van der Waals surface area contributed by atoms with Gasteiger partial charge in [-0.2, -0.15) is 0 Å². The van der Waals surface area contributed by atoms with Crippen LogP contribution >= 0.6 is 11.6 Å². The Bertz CT molecular complexity index is 860. The summed E-state index contributed by atoms with van der Waals surface area (Å²) in [5, 5.41) is 0.299. The Balaban J connectivity index is 1.67. The summed E-state index contributed by atoms with van der Waals surface area (Å²) in [5.74, 6) is -0.171. The highest BCUT2D eigenvalue weighted by atomic mass is 35.5. The number of hydrogen-bond donors (Lipinski definition) is 0. The molecule has 3 rings (SSSR count). The molecule has 1 amide bonds. The van der Waals surface area contributed by atoms with Crippen LogP contribution in [0.3, 0.4) is 0 Å². The van der Waals surface area contributed by atoms with E-state index in [9.17, 15) is 9.18 Å². The van der Waals surface area contributed by atoms with Crippen LogP contribution in [0, 0.1) is 5.82 Å². The summed E-state index contributed by atoms with van der Waals surface area (Å²) in [7, 11) is 1.60. The molecule has 0 atom stereocenters. The minimum atomic E-state index is -0.431. The molecule has 1 heterocycles. The highest BCUT2D eigenvalue weighted by Gasteiger charge is 2.16. The third-order valence-corrected chi connectivity index (χ3v) is 4.14. The lowest BCUT2D eigenvalue weighted by Crippen LogP contribution is -2.28. The fraction of sp³-hybridized carbons (Fsp3) is 0.158. The van der Waals surface area contributed by atoms with Crippen LogP contribution < -0.4 is 0 Å². The standard InChI is InChI=1S/C19H16ClFN2O2/c1-23(11-15-16(20)8-5-9-17(15)21)18(24)10-14-12-25-19(22-14)13-6-3-2-4-7-13/h2-9,12H,10-11H2,1H3. The van der Waals surface area contributed by atoms with E-state index in [0.29, 0.717) is 22.2 Å². The smallest absolute Gasteiger partial charge is 0.228 e. The van der Waals surface area contributed by atoms with Crippen LogP contribution in [0.2, 0.25) is 5.02 Å². The number of oxazole rings is 1. The van der Waals surface area contributed by atoms with Crippen molar-refractivity contribution >= 4 is 17.5 Å². The first kappa shape index (κ1) is 17.2. The van der Waals surface area contributed by atoms with Crippen LogP contribution in [0.5, 0.6) is 0 Å².